The van der Waals surface area contributed by atoms with Crippen molar-refractivity contribution in [1.82, 2.24) is 9.88 Å². The van der Waals surface area contributed by atoms with Crippen LogP contribution >= 0.6 is 0 Å². The third-order valence-corrected chi connectivity index (χ3v) is 4.21. The number of halogens is 3. The number of carbonyl (C=O) groups is 1. The van der Waals surface area contributed by atoms with Crippen molar-refractivity contribution in [3.63, 3.8) is 0 Å². The van der Waals surface area contributed by atoms with Crippen LogP contribution in [-0.4, -0.2) is 22.2 Å². The van der Waals surface area contributed by atoms with Gasteiger partial charge in [-0.05, 0) is 30.3 Å². The lowest BCUT2D eigenvalue weighted by Gasteiger charge is -2.13. The number of aliphatic hydroxyl groups is 1. The summed E-state index contributed by atoms with van der Waals surface area (Å²) >= 11 is 0. The lowest BCUT2D eigenvalue weighted by Crippen LogP contribution is -2.32. The molecule has 0 unspecified atom stereocenters. The molecule has 3 N–H and O–H groups in total. The third-order valence-electron chi connectivity index (χ3n) is 4.21. The Labute approximate surface area is 153 Å². The van der Waals surface area contributed by atoms with Crippen LogP contribution in [0.15, 0.2) is 54.7 Å². The van der Waals surface area contributed by atoms with Gasteiger partial charge in [-0.3, -0.25) is 0 Å². The number of anilines is 1. The molecule has 0 radical (unpaired) electrons. The Bertz CT molecular complexity index is 949. The highest BCUT2D eigenvalue weighted by atomic mass is 19.4. The molecule has 2 aromatic carbocycles. The molecule has 27 heavy (non-hydrogen) atoms. The highest BCUT2D eigenvalue weighted by Crippen LogP contribution is 2.30. The van der Waals surface area contributed by atoms with Crippen LogP contribution < -0.4 is 10.6 Å². The second kappa shape index (κ2) is 7.32. The topological polar surface area (TPSA) is 66.3 Å². The summed E-state index contributed by atoms with van der Waals surface area (Å²) in [6.07, 6.45) is -3.55. The maximum absolute atomic E-state index is 12.5. The molecular formula is C19H18F3N3O2. The monoisotopic (exact) mass is 377 g/mol. The van der Waals surface area contributed by atoms with Crippen molar-refractivity contribution in [2.45, 2.75) is 12.3 Å². The van der Waals surface area contributed by atoms with Gasteiger partial charge in [-0.1, -0.05) is 18.2 Å². The molecule has 0 saturated heterocycles. The quantitative estimate of drug-likeness (QED) is 0.642. The molecule has 1 aromatic heterocycles. The van der Waals surface area contributed by atoms with E-state index < -0.39 is 23.9 Å². The first-order valence-electron chi connectivity index (χ1n) is 8.20. The van der Waals surface area contributed by atoms with E-state index in [-0.39, 0.29) is 12.2 Å². The minimum atomic E-state index is -4.43. The zero-order valence-corrected chi connectivity index (χ0v) is 14.4. The Hall–Kier alpha value is -3.00. The summed E-state index contributed by atoms with van der Waals surface area (Å²) in [5, 5.41) is 16.2. The van der Waals surface area contributed by atoms with Crippen molar-refractivity contribution in [2.24, 2.45) is 7.05 Å². The number of aryl methyl sites for hydroxylation is 1. The van der Waals surface area contributed by atoms with Crippen molar-refractivity contribution in [3.8, 4) is 0 Å². The van der Waals surface area contributed by atoms with Gasteiger partial charge in [-0.15, -0.1) is 0 Å². The molecule has 3 rings (SSSR count). The van der Waals surface area contributed by atoms with Crippen LogP contribution in [0, 0.1) is 0 Å². The number of hydrogen-bond acceptors (Lipinski definition) is 2. The minimum absolute atomic E-state index is 0.0412. The molecule has 0 aliphatic rings. The zero-order valence-electron chi connectivity index (χ0n) is 14.4. The fraction of sp³-hybridized carbons (Fsp3) is 0.211. The molecule has 0 spiro atoms. The van der Waals surface area contributed by atoms with Crippen LogP contribution in [0.2, 0.25) is 0 Å². The summed E-state index contributed by atoms with van der Waals surface area (Å²) in [6, 6.07) is 11.1. The lowest BCUT2D eigenvalue weighted by atomic mass is 10.1. The maximum Gasteiger partial charge on any atom is 0.416 e. The molecule has 1 heterocycles. The SMILES string of the molecule is Cn1cc([C@@H](O)CNC(=O)Nc2ccc(C(F)(F)F)cc2)c2ccccc21. The molecule has 142 valence electrons. The number of aliphatic hydroxyl groups excluding tert-OH is 1. The smallest absolute Gasteiger partial charge is 0.386 e. The summed E-state index contributed by atoms with van der Waals surface area (Å²) in [5.41, 5.74) is 1.07. The number of benzene rings is 2. The number of amides is 2. The molecule has 2 amide bonds. The van der Waals surface area contributed by atoms with Gasteiger partial charge >= 0.3 is 12.2 Å². The van der Waals surface area contributed by atoms with Gasteiger partial charge in [0.15, 0.2) is 0 Å². The molecule has 5 nitrogen and oxygen atoms in total. The highest BCUT2D eigenvalue weighted by molar-refractivity contribution is 5.89. The number of fused-ring (bicyclic) bond motifs is 1. The highest BCUT2D eigenvalue weighted by Gasteiger charge is 2.30. The number of rotatable bonds is 4. The average Bonchev–Trinajstić information content (AvgIpc) is 2.97. The van der Waals surface area contributed by atoms with E-state index in [0.717, 1.165) is 23.0 Å². The fourth-order valence-corrected chi connectivity index (χ4v) is 2.86. The Kier molecular flexibility index (Phi) is 5.09. The first-order chi connectivity index (χ1) is 12.8. The van der Waals surface area contributed by atoms with Crippen molar-refractivity contribution >= 4 is 22.6 Å². The Morgan fingerprint density at radius 3 is 2.48 bits per heavy atom. The molecule has 1 atom stereocenters. The van der Waals surface area contributed by atoms with Gasteiger partial charge in [0.05, 0.1) is 11.7 Å². The number of urea groups is 1. The van der Waals surface area contributed by atoms with E-state index in [2.05, 4.69) is 10.6 Å². The Balaban J connectivity index is 1.60. The first-order valence-corrected chi connectivity index (χ1v) is 8.20. The Morgan fingerprint density at radius 1 is 1.15 bits per heavy atom. The summed E-state index contributed by atoms with van der Waals surface area (Å²) in [5.74, 6) is 0. The third kappa shape index (κ3) is 4.22. The van der Waals surface area contributed by atoms with Gasteiger partial charge in [0.1, 0.15) is 0 Å². The second-order valence-electron chi connectivity index (χ2n) is 6.14. The summed E-state index contributed by atoms with van der Waals surface area (Å²) in [4.78, 5) is 11.9. The molecule has 8 heteroatoms. The number of para-hydroxylation sites is 1. The van der Waals surface area contributed by atoms with Crippen molar-refractivity contribution in [2.75, 3.05) is 11.9 Å². The van der Waals surface area contributed by atoms with E-state index in [1.54, 1.807) is 6.20 Å². The summed E-state index contributed by atoms with van der Waals surface area (Å²) in [7, 11) is 1.86. The van der Waals surface area contributed by atoms with E-state index >= 15 is 0 Å². The predicted octanol–water partition coefficient (Wildman–Crippen LogP) is 4.05. The van der Waals surface area contributed by atoms with Crippen molar-refractivity contribution < 1.29 is 23.1 Å². The fourth-order valence-electron chi connectivity index (χ4n) is 2.86. The normalized spacial score (nSPS) is 12.8. The van der Waals surface area contributed by atoms with Gasteiger partial charge in [0.25, 0.3) is 0 Å². The van der Waals surface area contributed by atoms with Gasteiger partial charge in [0.2, 0.25) is 0 Å². The van der Waals surface area contributed by atoms with Gasteiger partial charge < -0.3 is 20.3 Å². The molecule has 0 aliphatic heterocycles. The van der Waals surface area contributed by atoms with E-state index in [1.165, 1.54) is 12.1 Å². The summed E-state index contributed by atoms with van der Waals surface area (Å²) < 4.78 is 39.5. The van der Waals surface area contributed by atoms with Gasteiger partial charge in [-0.2, -0.15) is 13.2 Å². The number of carbonyl (C=O) groups excluding carboxylic acids is 1. The molecule has 3 aromatic rings. The largest absolute Gasteiger partial charge is 0.416 e. The first kappa shape index (κ1) is 18.8. The van der Waals surface area contributed by atoms with E-state index in [1.807, 2.05) is 35.9 Å². The number of aromatic nitrogens is 1. The minimum Gasteiger partial charge on any atom is -0.386 e. The molecule has 0 saturated carbocycles. The van der Waals surface area contributed by atoms with E-state index in [4.69, 9.17) is 0 Å². The van der Waals surface area contributed by atoms with Crippen molar-refractivity contribution in [3.05, 3.63) is 65.9 Å². The van der Waals surface area contributed by atoms with Crippen LogP contribution in [-0.2, 0) is 13.2 Å². The standard InChI is InChI=1S/C19H18F3N3O2/c1-25-11-15(14-4-2-3-5-16(14)25)17(26)10-23-18(27)24-13-8-6-12(7-9-13)19(20,21)22/h2-9,11,17,26H,10H2,1H3,(H2,23,24,27)/t17-/m0/s1. The number of nitrogens with zero attached hydrogens (tertiary/aromatic N) is 1. The van der Waals surface area contributed by atoms with E-state index in [9.17, 15) is 23.1 Å². The number of alkyl halides is 3. The summed E-state index contributed by atoms with van der Waals surface area (Å²) in [6.45, 7) is -0.0412. The van der Waals surface area contributed by atoms with Crippen LogP contribution in [0.1, 0.15) is 17.2 Å². The van der Waals surface area contributed by atoms with Crippen LogP contribution in [0.3, 0.4) is 0 Å². The average molecular weight is 377 g/mol. The predicted molar refractivity (Wildman–Crippen MR) is 96.3 cm³/mol. The van der Waals surface area contributed by atoms with Crippen LogP contribution in [0.5, 0.6) is 0 Å². The lowest BCUT2D eigenvalue weighted by molar-refractivity contribution is -0.137. The second-order valence-corrected chi connectivity index (χ2v) is 6.14. The number of hydrogen-bond donors (Lipinski definition) is 3. The molecule has 0 bridgehead atoms. The van der Waals surface area contributed by atoms with Gasteiger partial charge in [-0.25, -0.2) is 4.79 Å². The maximum atomic E-state index is 12.5. The van der Waals surface area contributed by atoms with Crippen molar-refractivity contribution in [1.29, 1.82) is 0 Å². The van der Waals surface area contributed by atoms with Crippen LogP contribution in [0.25, 0.3) is 10.9 Å². The zero-order chi connectivity index (χ0) is 19.6. The number of nitrogens with one attached hydrogen (secondary N) is 2. The van der Waals surface area contributed by atoms with Gasteiger partial charge in [0, 0.05) is 41.9 Å². The molecule has 0 aliphatic carbocycles. The Morgan fingerprint density at radius 2 is 1.81 bits per heavy atom. The van der Waals surface area contributed by atoms with E-state index in [0.29, 0.717) is 5.56 Å². The molecular weight excluding hydrogens is 359 g/mol. The van der Waals surface area contributed by atoms with Crippen LogP contribution in [0.4, 0.5) is 23.7 Å². The molecule has 0 fully saturated rings.